The van der Waals surface area contributed by atoms with Crippen molar-refractivity contribution in [3.63, 3.8) is 0 Å². The van der Waals surface area contributed by atoms with Gasteiger partial charge < -0.3 is 15.4 Å². The third-order valence-corrected chi connectivity index (χ3v) is 3.99. The van der Waals surface area contributed by atoms with E-state index in [1.54, 1.807) is 0 Å². The average molecular weight is 289 g/mol. The van der Waals surface area contributed by atoms with Gasteiger partial charge in [-0.1, -0.05) is 39.7 Å². The van der Waals surface area contributed by atoms with E-state index in [-0.39, 0.29) is 12.6 Å². The van der Waals surface area contributed by atoms with Crippen molar-refractivity contribution in [3.8, 4) is 0 Å². The minimum Gasteiger partial charge on any atom is -0.395 e. The number of rotatable bonds is 7. The van der Waals surface area contributed by atoms with Gasteiger partial charge in [-0.25, -0.2) is 4.98 Å². The van der Waals surface area contributed by atoms with Gasteiger partial charge >= 0.3 is 0 Å². The molecule has 0 aliphatic carbocycles. The third-order valence-electron chi connectivity index (χ3n) is 3.99. The fraction of sp³-hybridized carbons (Fsp3) is 0.588. The highest BCUT2D eigenvalue weighted by molar-refractivity contribution is 5.77. The van der Waals surface area contributed by atoms with Crippen LogP contribution in [0.15, 0.2) is 18.2 Å². The summed E-state index contributed by atoms with van der Waals surface area (Å²) < 4.78 is 2.07. The summed E-state index contributed by atoms with van der Waals surface area (Å²) in [7, 11) is 0. The summed E-state index contributed by atoms with van der Waals surface area (Å²) in [6.45, 7) is 7.18. The number of aliphatic hydroxyl groups excluding tert-OH is 1. The zero-order chi connectivity index (χ0) is 15.4. The molecule has 4 heteroatoms. The molecule has 0 radical (unpaired) electrons. The molecule has 21 heavy (non-hydrogen) atoms. The second-order valence-electron chi connectivity index (χ2n) is 6.00. The Morgan fingerprint density at radius 2 is 2.10 bits per heavy atom. The number of unbranched alkanes of at least 4 members (excludes halogenated alkanes) is 1. The molecule has 1 heterocycles. The molecular formula is C17H27N3O. The number of fused-ring (bicyclic) bond motifs is 1. The maximum absolute atomic E-state index is 9.33. The molecule has 2 rings (SSSR count). The van der Waals surface area contributed by atoms with Crippen molar-refractivity contribution in [2.75, 3.05) is 6.61 Å². The number of imidazole rings is 1. The van der Waals surface area contributed by atoms with E-state index >= 15 is 0 Å². The zero-order valence-electron chi connectivity index (χ0n) is 13.3. The van der Waals surface area contributed by atoms with Gasteiger partial charge in [-0.15, -0.1) is 0 Å². The van der Waals surface area contributed by atoms with Gasteiger partial charge in [-0.05, 0) is 30.0 Å². The molecule has 3 N–H and O–H groups in total. The molecule has 1 unspecified atom stereocenters. The standard InChI is InChI=1S/C17H27N3O/c1-4-5-6-14(18)17-19-15-11-13(12(2)3)7-8-16(15)20(17)9-10-21/h7-8,11-12,14,21H,4-6,9-10,18H2,1-3H3. The van der Waals surface area contributed by atoms with E-state index < -0.39 is 0 Å². The molecular weight excluding hydrogens is 262 g/mol. The van der Waals surface area contributed by atoms with Gasteiger partial charge in [0, 0.05) is 6.54 Å². The van der Waals surface area contributed by atoms with E-state index in [0.29, 0.717) is 12.5 Å². The van der Waals surface area contributed by atoms with E-state index in [1.807, 2.05) is 0 Å². The Morgan fingerprint density at radius 1 is 1.33 bits per heavy atom. The molecule has 1 atom stereocenters. The molecule has 1 aromatic carbocycles. The zero-order valence-corrected chi connectivity index (χ0v) is 13.3. The highest BCUT2D eigenvalue weighted by Gasteiger charge is 2.17. The topological polar surface area (TPSA) is 64.1 Å². The van der Waals surface area contributed by atoms with E-state index in [1.165, 1.54) is 5.56 Å². The van der Waals surface area contributed by atoms with Crippen LogP contribution in [0.5, 0.6) is 0 Å². The third kappa shape index (κ3) is 3.44. The lowest BCUT2D eigenvalue weighted by Gasteiger charge is -2.13. The van der Waals surface area contributed by atoms with Crippen LogP contribution in [0.2, 0.25) is 0 Å². The Morgan fingerprint density at radius 3 is 2.71 bits per heavy atom. The second kappa shape index (κ2) is 7.05. The Labute approximate surface area is 127 Å². The first kappa shape index (κ1) is 16.0. The molecule has 0 amide bonds. The first-order valence-electron chi connectivity index (χ1n) is 7.95. The molecule has 0 aliphatic rings. The summed E-state index contributed by atoms with van der Waals surface area (Å²) in [5.74, 6) is 1.38. The maximum Gasteiger partial charge on any atom is 0.126 e. The molecule has 2 aromatic rings. The smallest absolute Gasteiger partial charge is 0.126 e. The van der Waals surface area contributed by atoms with Crippen molar-refractivity contribution in [2.45, 2.75) is 58.5 Å². The van der Waals surface area contributed by atoms with Crippen LogP contribution in [-0.2, 0) is 6.54 Å². The number of hydrogen-bond donors (Lipinski definition) is 2. The molecule has 0 aliphatic heterocycles. The molecule has 4 nitrogen and oxygen atoms in total. The number of hydrogen-bond acceptors (Lipinski definition) is 3. The first-order chi connectivity index (χ1) is 10.1. The van der Waals surface area contributed by atoms with Crippen LogP contribution in [0, 0.1) is 0 Å². The lowest BCUT2D eigenvalue weighted by atomic mass is 10.0. The number of aromatic nitrogens is 2. The van der Waals surface area contributed by atoms with Gasteiger partial charge in [0.15, 0.2) is 0 Å². The highest BCUT2D eigenvalue weighted by Crippen LogP contribution is 2.25. The molecule has 0 saturated heterocycles. The predicted octanol–water partition coefficient (Wildman–Crippen LogP) is 3.34. The SMILES string of the molecule is CCCCC(N)c1nc2cc(C(C)C)ccc2n1CCO. The lowest BCUT2D eigenvalue weighted by Crippen LogP contribution is -2.17. The quantitative estimate of drug-likeness (QED) is 0.821. The second-order valence-corrected chi connectivity index (χ2v) is 6.00. The Balaban J connectivity index is 2.45. The summed E-state index contributed by atoms with van der Waals surface area (Å²) in [4.78, 5) is 4.75. The number of benzene rings is 1. The fourth-order valence-electron chi connectivity index (χ4n) is 2.70. The number of nitrogens with zero attached hydrogens (tertiary/aromatic N) is 2. The molecule has 0 saturated carbocycles. The van der Waals surface area contributed by atoms with Crippen molar-refractivity contribution in [2.24, 2.45) is 5.73 Å². The van der Waals surface area contributed by atoms with Crippen LogP contribution in [0.3, 0.4) is 0 Å². The average Bonchev–Trinajstić information content (AvgIpc) is 2.83. The van der Waals surface area contributed by atoms with E-state index in [4.69, 9.17) is 10.7 Å². The molecule has 116 valence electrons. The molecule has 0 bridgehead atoms. The summed E-state index contributed by atoms with van der Waals surface area (Å²) in [5.41, 5.74) is 9.64. The van der Waals surface area contributed by atoms with Crippen LogP contribution in [0.4, 0.5) is 0 Å². The van der Waals surface area contributed by atoms with E-state index in [9.17, 15) is 5.11 Å². The normalized spacial score (nSPS) is 13.2. The van der Waals surface area contributed by atoms with Crippen molar-refractivity contribution >= 4 is 11.0 Å². The fourth-order valence-corrected chi connectivity index (χ4v) is 2.70. The summed E-state index contributed by atoms with van der Waals surface area (Å²) in [6.07, 6.45) is 3.16. The van der Waals surface area contributed by atoms with E-state index in [2.05, 4.69) is 43.5 Å². The van der Waals surface area contributed by atoms with Crippen molar-refractivity contribution in [1.29, 1.82) is 0 Å². The van der Waals surface area contributed by atoms with Crippen molar-refractivity contribution in [3.05, 3.63) is 29.6 Å². The molecule has 0 spiro atoms. The number of aliphatic hydroxyl groups is 1. The van der Waals surface area contributed by atoms with Gasteiger partial charge in [0.05, 0.1) is 23.7 Å². The highest BCUT2D eigenvalue weighted by atomic mass is 16.3. The van der Waals surface area contributed by atoms with Gasteiger partial charge in [0.1, 0.15) is 5.82 Å². The van der Waals surface area contributed by atoms with E-state index in [0.717, 1.165) is 36.1 Å². The monoisotopic (exact) mass is 289 g/mol. The van der Waals surface area contributed by atoms with Gasteiger partial charge in [-0.2, -0.15) is 0 Å². The predicted molar refractivity (Wildman–Crippen MR) is 87.4 cm³/mol. The number of nitrogens with two attached hydrogens (primary N) is 1. The maximum atomic E-state index is 9.33. The first-order valence-corrected chi connectivity index (χ1v) is 7.95. The lowest BCUT2D eigenvalue weighted by molar-refractivity contribution is 0.274. The van der Waals surface area contributed by atoms with Gasteiger partial charge in [-0.3, -0.25) is 0 Å². The molecule has 1 aromatic heterocycles. The minimum atomic E-state index is -0.0635. The van der Waals surface area contributed by atoms with Crippen molar-refractivity contribution < 1.29 is 5.11 Å². The van der Waals surface area contributed by atoms with Gasteiger partial charge in [0.2, 0.25) is 0 Å². The summed E-state index contributed by atoms with van der Waals surface area (Å²) >= 11 is 0. The van der Waals surface area contributed by atoms with Crippen LogP contribution in [0.25, 0.3) is 11.0 Å². The largest absolute Gasteiger partial charge is 0.395 e. The van der Waals surface area contributed by atoms with Crippen LogP contribution >= 0.6 is 0 Å². The Hall–Kier alpha value is -1.39. The summed E-state index contributed by atoms with van der Waals surface area (Å²) in [5, 5.41) is 9.33. The molecule has 0 fully saturated rings. The van der Waals surface area contributed by atoms with Crippen molar-refractivity contribution in [1.82, 2.24) is 9.55 Å². The van der Waals surface area contributed by atoms with Crippen LogP contribution < -0.4 is 5.73 Å². The Kier molecular flexibility index (Phi) is 5.37. The van der Waals surface area contributed by atoms with Gasteiger partial charge in [0.25, 0.3) is 0 Å². The Bertz CT molecular complexity index is 589. The summed E-state index contributed by atoms with van der Waals surface area (Å²) in [6, 6.07) is 6.32. The van der Waals surface area contributed by atoms with Crippen LogP contribution in [0.1, 0.15) is 63.4 Å². The van der Waals surface area contributed by atoms with Crippen LogP contribution in [-0.4, -0.2) is 21.3 Å². The minimum absolute atomic E-state index is 0.0635.